The van der Waals surface area contributed by atoms with Crippen LogP contribution in [0.15, 0.2) is 64.9 Å². The molecule has 6 nitrogen and oxygen atoms in total. The standard InChI is InChI=1S/C11H8N2O.C7H6N2O/c14-10-7-13-6-5-8-3-1-2-4-9(8)11(13)12-10;10-7-5-9-4-2-1-3-6(9)8-7/h1-6H,7H2;1-4H,5H2. The molecule has 0 bridgehead atoms. The number of amidine groups is 2. The highest BCUT2D eigenvalue weighted by atomic mass is 16.2. The van der Waals surface area contributed by atoms with Gasteiger partial charge in [0.2, 0.25) is 0 Å². The van der Waals surface area contributed by atoms with E-state index in [0.717, 1.165) is 22.8 Å². The second-order valence-corrected chi connectivity index (χ2v) is 5.55. The third-order valence-electron chi connectivity index (χ3n) is 3.91. The summed E-state index contributed by atoms with van der Waals surface area (Å²) in [6.45, 7) is 0.774. The van der Waals surface area contributed by atoms with E-state index < -0.39 is 0 Å². The second-order valence-electron chi connectivity index (χ2n) is 5.55. The van der Waals surface area contributed by atoms with E-state index in [9.17, 15) is 9.59 Å². The Morgan fingerprint density at radius 2 is 1.62 bits per heavy atom. The molecule has 2 amide bonds. The monoisotopic (exact) mass is 318 g/mol. The number of benzene rings is 1. The molecule has 1 aromatic rings. The fourth-order valence-corrected chi connectivity index (χ4v) is 2.80. The maximum absolute atomic E-state index is 11.2. The van der Waals surface area contributed by atoms with Crippen molar-refractivity contribution in [1.29, 1.82) is 0 Å². The summed E-state index contributed by atoms with van der Waals surface area (Å²) in [6, 6.07) is 7.95. The highest BCUT2D eigenvalue weighted by Crippen LogP contribution is 2.22. The SMILES string of the molecule is O=C1CN2C=CC=CC2=N1.O=C1CN2C=Cc3ccccc3C2=N1. The quantitative estimate of drug-likeness (QED) is 0.728. The molecular formula is C18H14N4O2. The van der Waals surface area contributed by atoms with Gasteiger partial charge in [0.1, 0.15) is 24.8 Å². The van der Waals surface area contributed by atoms with Gasteiger partial charge in [-0.1, -0.05) is 30.3 Å². The summed E-state index contributed by atoms with van der Waals surface area (Å²) in [5.41, 5.74) is 2.16. The fraction of sp³-hybridized carbons (Fsp3) is 0.111. The van der Waals surface area contributed by atoms with E-state index >= 15 is 0 Å². The van der Waals surface area contributed by atoms with Gasteiger partial charge in [-0.3, -0.25) is 9.59 Å². The third-order valence-corrected chi connectivity index (χ3v) is 3.91. The first-order valence-corrected chi connectivity index (χ1v) is 7.59. The topological polar surface area (TPSA) is 65.3 Å². The number of carbonyl (C=O) groups is 2. The van der Waals surface area contributed by atoms with E-state index in [-0.39, 0.29) is 11.8 Å². The van der Waals surface area contributed by atoms with Crippen molar-refractivity contribution in [3.63, 3.8) is 0 Å². The van der Waals surface area contributed by atoms with Gasteiger partial charge in [0.15, 0.2) is 0 Å². The van der Waals surface area contributed by atoms with Crippen LogP contribution in [0.1, 0.15) is 11.1 Å². The average molecular weight is 318 g/mol. The fourth-order valence-electron chi connectivity index (χ4n) is 2.80. The Morgan fingerprint density at radius 1 is 0.833 bits per heavy atom. The first kappa shape index (κ1) is 14.3. The van der Waals surface area contributed by atoms with E-state index in [1.165, 1.54) is 0 Å². The Labute approximate surface area is 138 Å². The number of carbonyl (C=O) groups excluding carboxylic acids is 2. The number of hydrogen-bond acceptors (Lipinski definition) is 4. The van der Waals surface area contributed by atoms with Crippen LogP contribution in [0.3, 0.4) is 0 Å². The molecule has 0 unspecified atom stereocenters. The Bertz CT molecular complexity index is 877. The zero-order valence-corrected chi connectivity index (χ0v) is 12.8. The lowest BCUT2D eigenvalue weighted by atomic mass is 10.0. The summed E-state index contributed by atoms with van der Waals surface area (Å²) in [6.07, 6.45) is 11.3. The first-order valence-electron chi connectivity index (χ1n) is 7.59. The summed E-state index contributed by atoms with van der Waals surface area (Å²) in [5.74, 6) is 1.41. The summed E-state index contributed by atoms with van der Waals surface area (Å²) in [4.78, 5) is 33.4. The smallest absolute Gasteiger partial charge is 0.267 e. The van der Waals surface area contributed by atoms with Crippen LogP contribution in [0.4, 0.5) is 0 Å². The number of hydrogen-bond donors (Lipinski definition) is 0. The molecule has 24 heavy (non-hydrogen) atoms. The van der Waals surface area contributed by atoms with E-state index in [1.807, 2.05) is 70.8 Å². The molecule has 4 heterocycles. The van der Waals surface area contributed by atoms with Gasteiger partial charge in [-0.05, 0) is 23.8 Å². The third kappa shape index (κ3) is 2.58. The van der Waals surface area contributed by atoms with Crippen molar-refractivity contribution in [2.24, 2.45) is 9.98 Å². The molecular weight excluding hydrogens is 304 g/mol. The molecule has 0 saturated carbocycles. The van der Waals surface area contributed by atoms with Crippen molar-refractivity contribution in [3.05, 3.63) is 66.0 Å². The highest BCUT2D eigenvalue weighted by molar-refractivity contribution is 6.13. The van der Waals surface area contributed by atoms with Crippen LogP contribution in [0.2, 0.25) is 0 Å². The molecule has 4 aliphatic heterocycles. The number of nitrogens with zero attached hydrogens (tertiary/aromatic N) is 4. The van der Waals surface area contributed by atoms with Gasteiger partial charge in [0.05, 0.1) is 0 Å². The van der Waals surface area contributed by atoms with Crippen LogP contribution < -0.4 is 0 Å². The first-order chi connectivity index (χ1) is 11.7. The maximum atomic E-state index is 11.2. The predicted octanol–water partition coefficient (Wildman–Crippen LogP) is 1.57. The van der Waals surface area contributed by atoms with E-state index in [1.54, 1.807) is 0 Å². The van der Waals surface area contributed by atoms with Gasteiger partial charge < -0.3 is 9.80 Å². The predicted molar refractivity (Wildman–Crippen MR) is 91.2 cm³/mol. The molecule has 0 atom stereocenters. The van der Waals surface area contributed by atoms with Crippen LogP contribution in [-0.2, 0) is 9.59 Å². The lowest BCUT2D eigenvalue weighted by Gasteiger charge is -2.20. The lowest BCUT2D eigenvalue weighted by Crippen LogP contribution is -2.26. The van der Waals surface area contributed by atoms with Crippen LogP contribution in [0, 0.1) is 0 Å². The van der Waals surface area contributed by atoms with Crippen LogP contribution in [0.5, 0.6) is 0 Å². The van der Waals surface area contributed by atoms with E-state index in [0.29, 0.717) is 13.1 Å². The number of rotatable bonds is 0. The summed E-state index contributed by atoms with van der Waals surface area (Å²) >= 11 is 0. The number of aliphatic imine (C=N–C) groups is 2. The van der Waals surface area contributed by atoms with Gasteiger partial charge in [-0.15, -0.1) is 0 Å². The molecule has 0 aliphatic carbocycles. The molecule has 6 heteroatoms. The number of allylic oxidation sites excluding steroid dienone is 2. The zero-order chi connectivity index (χ0) is 16.5. The Hall–Kier alpha value is -3.28. The molecule has 0 N–H and O–H groups in total. The minimum absolute atomic E-state index is 0.0637. The summed E-state index contributed by atoms with van der Waals surface area (Å²) < 4.78 is 0. The molecule has 0 radical (unpaired) electrons. The van der Waals surface area contributed by atoms with Gasteiger partial charge in [-0.2, -0.15) is 9.98 Å². The molecule has 0 saturated heterocycles. The second kappa shape index (κ2) is 5.73. The molecule has 4 aliphatic rings. The molecule has 0 fully saturated rings. The van der Waals surface area contributed by atoms with Gasteiger partial charge >= 0.3 is 0 Å². The lowest BCUT2D eigenvalue weighted by molar-refractivity contribution is -0.117. The molecule has 0 aromatic heterocycles. The Morgan fingerprint density at radius 3 is 2.50 bits per heavy atom. The van der Waals surface area contributed by atoms with E-state index in [4.69, 9.17) is 0 Å². The van der Waals surface area contributed by atoms with Gasteiger partial charge in [0, 0.05) is 18.0 Å². The van der Waals surface area contributed by atoms with E-state index in [2.05, 4.69) is 9.98 Å². The highest BCUT2D eigenvalue weighted by Gasteiger charge is 2.26. The Balaban J connectivity index is 0.000000129. The van der Waals surface area contributed by atoms with Crippen molar-refractivity contribution in [1.82, 2.24) is 9.80 Å². The number of fused-ring (bicyclic) bond motifs is 4. The van der Waals surface area contributed by atoms with Crippen molar-refractivity contribution in [2.45, 2.75) is 0 Å². The van der Waals surface area contributed by atoms with Crippen LogP contribution in [-0.4, -0.2) is 46.4 Å². The average Bonchev–Trinajstić information content (AvgIpc) is 3.16. The molecule has 118 valence electrons. The van der Waals surface area contributed by atoms with Crippen LogP contribution in [0.25, 0.3) is 6.08 Å². The van der Waals surface area contributed by atoms with Gasteiger partial charge in [-0.25, -0.2) is 0 Å². The van der Waals surface area contributed by atoms with Crippen molar-refractivity contribution in [2.75, 3.05) is 13.1 Å². The van der Waals surface area contributed by atoms with Gasteiger partial charge in [0.25, 0.3) is 11.8 Å². The van der Waals surface area contributed by atoms with Crippen molar-refractivity contribution < 1.29 is 9.59 Å². The molecule has 5 rings (SSSR count). The van der Waals surface area contributed by atoms with Crippen molar-refractivity contribution >= 4 is 29.6 Å². The summed E-state index contributed by atoms with van der Waals surface area (Å²) in [5, 5.41) is 0. The van der Waals surface area contributed by atoms with Crippen molar-refractivity contribution in [3.8, 4) is 0 Å². The normalized spacial score (nSPS) is 19.3. The number of amides is 2. The summed E-state index contributed by atoms with van der Waals surface area (Å²) in [7, 11) is 0. The largest absolute Gasteiger partial charge is 0.323 e. The maximum Gasteiger partial charge on any atom is 0.267 e. The Kier molecular flexibility index (Phi) is 3.42. The molecule has 1 aromatic carbocycles. The minimum Gasteiger partial charge on any atom is -0.323 e. The molecule has 0 spiro atoms. The van der Waals surface area contributed by atoms with Crippen LogP contribution >= 0.6 is 0 Å². The zero-order valence-electron chi connectivity index (χ0n) is 12.8. The minimum atomic E-state index is -0.0682.